The van der Waals surface area contributed by atoms with E-state index in [-0.39, 0.29) is 44.1 Å². The zero-order valence-corrected chi connectivity index (χ0v) is 50.4. The first-order chi connectivity index (χ1) is 41.3. The van der Waals surface area contributed by atoms with E-state index in [1.807, 2.05) is 111 Å². The molecule has 462 valence electrons. The number of benzene rings is 4. The van der Waals surface area contributed by atoms with Crippen LogP contribution in [0.4, 0.5) is 0 Å². The van der Waals surface area contributed by atoms with Crippen LogP contribution >= 0.6 is 8.53 Å². The first-order valence-electron chi connectivity index (χ1n) is 27.7. The highest BCUT2D eigenvalue weighted by molar-refractivity contribution is 7.44. The van der Waals surface area contributed by atoms with Crippen molar-refractivity contribution in [3.63, 3.8) is 0 Å². The third kappa shape index (κ3) is 16.9. The number of carbonyl (C=O) groups excluding carboxylic acids is 4. The minimum Gasteiger partial charge on any atom is -0.497 e. The largest absolute Gasteiger partial charge is 0.497 e. The Kier molecular flexibility index (Phi) is 23.9. The molecule has 5 aromatic rings. The smallest absolute Gasteiger partial charge is 0.330 e. The molecule has 0 bridgehead atoms. The molecule has 0 saturated carbocycles. The molecule has 25 heteroatoms. The number of esters is 4. The summed E-state index contributed by atoms with van der Waals surface area (Å²) in [5, 5.41) is 9.63. The summed E-state index contributed by atoms with van der Waals surface area (Å²) in [7, 11) is 1.16. The van der Waals surface area contributed by atoms with Crippen molar-refractivity contribution in [2.45, 2.75) is 141 Å². The molecule has 2 aliphatic rings. The van der Waals surface area contributed by atoms with Crippen LogP contribution in [0.15, 0.2) is 125 Å². The highest BCUT2D eigenvalue weighted by Crippen LogP contribution is 2.51. The number of aromatic amines is 1. The van der Waals surface area contributed by atoms with Crippen LogP contribution in [0, 0.1) is 11.3 Å². The fraction of sp³-hybridized carbons (Fsp3) is 0.459. The maximum atomic E-state index is 13.9. The Hall–Kier alpha value is -7.56. The number of hydrogen-bond donors (Lipinski definition) is 1. The van der Waals surface area contributed by atoms with E-state index < -0.39 is 118 Å². The molecular formula is C61H73N4O20P. The average molecular weight is 1210 g/mol. The van der Waals surface area contributed by atoms with Gasteiger partial charge in [0.2, 0.25) is 12.4 Å². The van der Waals surface area contributed by atoms with Gasteiger partial charge in [-0.15, -0.1) is 0 Å². The number of aromatic nitrogens is 2. The van der Waals surface area contributed by atoms with Gasteiger partial charge in [0.15, 0.2) is 18.4 Å². The lowest BCUT2D eigenvalue weighted by molar-refractivity contribution is -0.288. The Morgan fingerprint density at radius 1 is 0.674 bits per heavy atom. The van der Waals surface area contributed by atoms with E-state index in [9.17, 15) is 34.0 Å². The summed E-state index contributed by atoms with van der Waals surface area (Å²) < 4.78 is 89.3. The number of hydrogen-bond acceptors (Lipinski definition) is 22. The SMILES string of the molecule is COc1ccc(C(OC[C@H]2O[C@@H](n3ccc(=O)[nH]c3=O)[C@H](OCOCc3ccc(O[C@@H]4O[C@H](COC(C)=O)[C@H](OC(C)=O)[C@H](OC(C)=O)[C@H]4OC(C)=O)cc3)[C@@H]2OP(OCCC#N)N(C(C)C)C(C)C)(c2ccccc2)c2ccc(OC)cc2)cc1. The Bertz CT molecular complexity index is 3120. The van der Waals surface area contributed by atoms with Crippen molar-refractivity contribution in [3.8, 4) is 23.3 Å². The van der Waals surface area contributed by atoms with Crippen LogP contribution in [0.5, 0.6) is 17.2 Å². The van der Waals surface area contributed by atoms with Crippen molar-refractivity contribution < 1.29 is 85.1 Å². The first kappa shape index (κ1) is 66.0. The molecule has 24 nitrogen and oxygen atoms in total. The van der Waals surface area contributed by atoms with Gasteiger partial charge in [-0.3, -0.25) is 33.5 Å². The van der Waals surface area contributed by atoms with Gasteiger partial charge in [0, 0.05) is 52.0 Å². The van der Waals surface area contributed by atoms with Gasteiger partial charge in [0.25, 0.3) is 14.1 Å². The molecule has 4 aromatic carbocycles. The molecule has 2 fully saturated rings. The summed E-state index contributed by atoms with van der Waals surface area (Å²) in [4.78, 5) is 77.7. The summed E-state index contributed by atoms with van der Waals surface area (Å²) in [6, 6.07) is 34.2. The molecule has 0 spiro atoms. The molecular weight excluding hydrogens is 1140 g/mol. The van der Waals surface area contributed by atoms with E-state index in [0.29, 0.717) is 17.1 Å². The summed E-state index contributed by atoms with van der Waals surface area (Å²) >= 11 is 0. The van der Waals surface area contributed by atoms with Gasteiger partial charge in [0.05, 0.1) is 46.5 Å². The minimum absolute atomic E-state index is 0.0304. The minimum atomic E-state index is -2.01. The monoisotopic (exact) mass is 1210 g/mol. The van der Waals surface area contributed by atoms with E-state index >= 15 is 0 Å². The third-order valence-electron chi connectivity index (χ3n) is 13.7. The number of carbonyl (C=O) groups is 4. The van der Waals surface area contributed by atoms with E-state index in [2.05, 4.69) is 11.1 Å². The molecule has 0 radical (unpaired) electrons. The van der Waals surface area contributed by atoms with Crippen LogP contribution < -0.4 is 25.5 Å². The van der Waals surface area contributed by atoms with E-state index in [0.717, 1.165) is 37.5 Å². The van der Waals surface area contributed by atoms with Crippen molar-refractivity contribution in [2.24, 2.45) is 0 Å². The van der Waals surface area contributed by atoms with Gasteiger partial charge < -0.3 is 65.9 Å². The van der Waals surface area contributed by atoms with Gasteiger partial charge in [-0.2, -0.15) is 5.26 Å². The predicted octanol–water partition coefficient (Wildman–Crippen LogP) is 7.14. The number of rotatable bonds is 29. The van der Waals surface area contributed by atoms with Crippen molar-refractivity contribution in [1.29, 1.82) is 5.26 Å². The highest BCUT2D eigenvalue weighted by atomic mass is 31.2. The molecule has 2 aliphatic heterocycles. The van der Waals surface area contributed by atoms with E-state index in [4.69, 9.17) is 65.9 Å². The summed E-state index contributed by atoms with van der Waals surface area (Å²) in [5.74, 6) is -1.61. The van der Waals surface area contributed by atoms with Gasteiger partial charge in [-0.05, 0) is 86.3 Å². The normalized spacial score (nSPS) is 21.5. The second-order valence-electron chi connectivity index (χ2n) is 20.4. The number of nitriles is 1. The molecule has 1 unspecified atom stereocenters. The van der Waals surface area contributed by atoms with Gasteiger partial charge in [-0.1, -0.05) is 66.7 Å². The van der Waals surface area contributed by atoms with Crippen LogP contribution in [0.2, 0.25) is 0 Å². The summed E-state index contributed by atoms with van der Waals surface area (Å²) in [5.41, 5.74) is 0.0633. The molecule has 10 atom stereocenters. The van der Waals surface area contributed by atoms with Crippen molar-refractivity contribution in [2.75, 3.05) is 40.8 Å². The van der Waals surface area contributed by atoms with Crippen LogP contribution in [0.3, 0.4) is 0 Å². The lowest BCUT2D eigenvalue weighted by atomic mass is 9.80. The van der Waals surface area contributed by atoms with E-state index in [1.54, 1.807) is 38.5 Å². The van der Waals surface area contributed by atoms with E-state index in [1.165, 1.54) is 23.8 Å². The van der Waals surface area contributed by atoms with Crippen molar-refractivity contribution >= 4 is 32.4 Å². The highest BCUT2D eigenvalue weighted by Gasteiger charge is 2.54. The topological polar surface area (TPSA) is 279 Å². The Morgan fingerprint density at radius 2 is 1.23 bits per heavy atom. The average Bonchev–Trinajstić information content (AvgIpc) is 1.23. The molecule has 2 saturated heterocycles. The number of nitrogens with zero attached hydrogens (tertiary/aromatic N) is 3. The molecule has 86 heavy (non-hydrogen) atoms. The number of ether oxygens (including phenoxy) is 12. The maximum Gasteiger partial charge on any atom is 0.330 e. The van der Waals surface area contributed by atoms with Crippen LogP contribution in [-0.2, 0) is 83.1 Å². The fourth-order valence-electron chi connectivity index (χ4n) is 10.0. The molecule has 0 aliphatic carbocycles. The Morgan fingerprint density at radius 3 is 1.78 bits per heavy atom. The number of nitrogens with one attached hydrogen (secondary N) is 1. The maximum absolute atomic E-state index is 13.9. The number of H-pyrrole nitrogens is 1. The van der Waals surface area contributed by atoms with Gasteiger partial charge in [0.1, 0.15) is 60.7 Å². The Balaban J connectivity index is 1.22. The summed E-state index contributed by atoms with van der Waals surface area (Å²) in [6.07, 6.45) is -10.2. The quantitative estimate of drug-likeness (QED) is 0.0124. The third-order valence-corrected chi connectivity index (χ3v) is 15.8. The standard InChI is InChI=1S/C61H73N4O20P/c1-37(2)65(38(3)4)86(78-32-14-30-62)85-54-51(35-77-61(44-15-12-11-13-16-44,45-19-25-47(72-9)26-20-45)46-21-27-48(73-10)28-22-46)83-58(64-31-29-52(70)63-60(64)71)56(54)76-36-74-33-43-17-23-49(24-18-43)82-59-57(81-42(8)69)55(80-41(7)68)53(79-40(6)67)50(84-59)34-75-39(5)66/h11-13,15-29,31,37-38,50-51,53-59H,14,32-36H2,1-10H3,(H,63,70,71)/t50-,51-,53+,54-,55+,56-,57-,58-,59-,86?/m1/s1. The van der Waals surface area contributed by atoms with Gasteiger partial charge in [-0.25, -0.2) is 9.46 Å². The second kappa shape index (κ2) is 31.2. The first-order valence-corrected chi connectivity index (χ1v) is 28.9. The molecule has 7 rings (SSSR count). The van der Waals surface area contributed by atoms with Crippen LogP contribution in [0.25, 0.3) is 0 Å². The molecule has 0 amide bonds. The molecule has 3 heterocycles. The van der Waals surface area contributed by atoms with Gasteiger partial charge >= 0.3 is 29.6 Å². The lowest BCUT2D eigenvalue weighted by Gasteiger charge is -2.43. The zero-order chi connectivity index (χ0) is 62.1. The second-order valence-corrected chi connectivity index (χ2v) is 21.8. The van der Waals surface area contributed by atoms with Crippen molar-refractivity contribution in [1.82, 2.24) is 14.2 Å². The van der Waals surface area contributed by atoms with Crippen LogP contribution in [0.1, 0.15) is 90.3 Å². The Labute approximate surface area is 499 Å². The zero-order valence-electron chi connectivity index (χ0n) is 49.5. The molecule has 1 aromatic heterocycles. The van der Waals surface area contributed by atoms with Crippen LogP contribution in [-0.4, -0.2) is 140 Å². The number of methoxy groups -OCH3 is 2. The summed E-state index contributed by atoms with van der Waals surface area (Å²) in [6.45, 7) is 11.4. The fourth-order valence-corrected chi connectivity index (χ4v) is 11.8. The predicted molar refractivity (Wildman–Crippen MR) is 307 cm³/mol. The molecule has 1 N–H and O–H groups in total. The van der Waals surface area contributed by atoms with Crippen molar-refractivity contribution in [3.05, 3.63) is 158 Å². The lowest BCUT2D eigenvalue weighted by Crippen LogP contribution is -2.63.